The van der Waals surface area contributed by atoms with E-state index in [0.29, 0.717) is 24.4 Å². The molecule has 5 rings (SSSR count). The Morgan fingerprint density at radius 1 is 0.807 bits per heavy atom. The summed E-state index contributed by atoms with van der Waals surface area (Å²) in [7, 11) is 18.4. The Balaban J connectivity index is 0.000000325. The third kappa shape index (κ3) is 18.2. The lowest BCUT2D eigenvalue weighted by atomic mass is 9.93. The van der Waals surface area contributed by atoms with Crippen molar-refractivity contribution in [2.45, 2.75) is 183 Å². The zero-order valence-electron chi connectivity index (χ0n) is 33.3. The van der Waals surface area contributed by atoms with E-state index in [-0.39, 0.29) is 69.0 Å². The third-order valence-electron chi connectivity index (χ3n) is 8.55. The van der Waals surface area contributed by atoms with E-state index < -0.39 is 80.6 Å². The largest absolute Gasteiger partial charge is 0.770 e. The molecule has 16 atom stereocenters. The first-order valence-corrected chi connectivity index (χ1v) is 23.8. The van der Waals surface area contributed by atoms with Crippen molar-refractivity contribution in [3.8, 4) is 0 Å². The van der Waals surface area contributed by atoms with Crippen LogP contribution >= 0.6 is 38.6 Å². The van der Waals surface area contributed by atoms with E-state index in [1.165, 1.54) is 0 Å². The van der Waals surface area contributed by atoms with Gasteiger partial charge in [-0.1, -0.05) is 18.8 Å². The molecule has 16 nitrogen and oxygen atoms in total. The predicted molar refractivity (Wildman–Crippen MR) is 218 cm³/mol. The molecule has 57 heavy (non-hydrogen) atoms. The van der Waals surface area contributed by atoms with Crippen LogP contribution in [0.4, 0.5) is 0 Å². The summed E-state index contributed by atoms with van der Waals surface area (Å²) in [6.45, 7) is 11.2. The molecule has 0 spiro atoms. The Kier molecular flexibility index (Phi) is 23.3. The highest BCUT2D eigenvalue weighted by atomic mass is 32.7. The van der Waals surface area contributed by atoms with Crippen LogP contribution < -0.4 is 9.79 Å². The van der Waals surface area contributed by atoms with Crippen molar-refractivity contribution in [3.05, 3.63) is 0 Å². The van der Waals surface area contributed by atoms with E-state index in [2.05, 4.69) is 17.2 Å². The number of thiol groups is 1. The molecule has 0 aromatic rings. The number of fused-ring (bicyclic) bond motifs is 2. The molecule has 5 fully saturated rings. The number of hydrogen-bond acceptors (Lipinski definition) is 18. The normalized spacial score (nSPS) is 40.0. The maximum absolute atomic E-state index is 12.5. The summed E-state index contributed by atoms with van der Waals surface area (Å²) >= 11 is 5.04. The minimum absolute atomic E-state index is 0. The molecule has 5 heterocycles. The average Bonchev–Trinajstić information content (AvgIpc) is 3.74. The van der Waals surface area contributed by atoms with Crippen molar-refractivity contribution in [2.75, 3.05) is 26.4 Å². The SMILES string of the molecule is C.[B][C@@H]1O[C@@H]2COP(=O)([O-])O[C@@H]1C2OC(C)C.[B][C@@H]1O[C@H](COP(=O)([O-])SC2C[C@H]([B])O[C@@H]2COC(C)C)C(OC(C)C)[C@H]1O.[B][C@H]1CC(S)[C@@H](COC(C)C)O1. The van der Waals surface area contributed by atoms with Crippen LogP contribution in [0.25, 0.3) is 0 Å². The molecule has 2 bridgehead atoms. The summed E-state index contributed by atoms with van der Waals surface area (Å²) in [5.74, 6) is 0. The molecule has 0 aliphatic carbocycles. The van der Waals surface area contributed by atoms with Gasteiger partial charge in [-0.2, -0.15) is 12.6 Å². The van der Waals surface area contributed by atoms with Crippen LogP contribution in [-0.2, 0) is 60.6 Å². The van der Waals surface area contributed by atoms with E-state index in [1.807, 2.05) is 41.5 Å². The molecule has 1 N–H and O–H groups in total. The van der Waals surface area contributed by atoms with Crippen LogP contribution in [0.5, 0.6) is 0 Å². The molecule has 24 heteroatoms. The first kappa shape index (κ1) is 54.0. The molecule has 5 aliphatic rings. The van der Waals surface area contributed by atoms with Gasteiger partial charge in [-0.25, -0.2) is 0 Å². The quantitative estimate of drug-likeness (QED) is 0.136. The van der Waals surface area contributed by atoms with Crippen molar-refractivity contribution >= 4 is 70.0 Å². The Hall–Kier alpha value is 0.860. The van der Waals surface area contributed by atoms with Crippen molar-refractivity contribution in [2.24, 2.45) is 0 Å². The topological polar surface area (TPSA) is 202 Å². The molecule has 0 saturated carbocycles. The number of phosphoric ester groups is 1. The molecule has 0 aromatic carbocycles. The van der Waals surface area contributed by atoms with E-state index in [1.54, 1.807) is 13.8 Å². The van der Waals surface area contributed by atoms with Crippen molar-refractivity contribution in [3.63, 3.8) is 0 Å². The number of aliphatic hydroxyl groups excluding tert-OH is 1. The van der Waals surface area contributed by atoms with E-state index >= 15 is 0 Å². The van der Waals surface area contributed by atoms with Crippen molar-refractivity contribution in [1.29, 1.82) is 0 Å². The van der Waals surface area contributed by atoms with Crippen LogP contribution in [0.1, 0.15) is 75.7 Å². The Bertz CT molecular complexity index is 1270. The number of hydrogen-bond donors (Lipinski definition) is 2. The van der Waals surface area contributed by atoms with Crippen LogP contribution in [0.15, 0.2) is 0 Å². The molecule has 5 saturated heterocycles. The summed E-state index contributed by atoms with van der Waals surface area (Å²) in [6, 6.07) is -2.48. The van der Waals surface area contributed by atoms with Gasteiger partial charge in [0.1, 0.15) is 68.0 Å². The van der Waals surface area contributed by atoms with Gasteiger partial charge >= 0.3 is 0 Å². The molecular weight excluding hydrogens is 822 g/mol. The number of rotatable bonds is 15. The van der Waals surface area contributed by atoms with E-state index in [4.69, 9.17) is 78.3 Å². The van der Waals surface area contributed by atoms with Gasteiger partial charge in [-0.3, -0.25) is 9.13 Å². The summed E-state index contributed by atoms with van der Waals surface area (Å²) < 4.78 is 82.1. The minimum atomic E-state index is -4.29. The average molecular weight is 882 g/mol. The van der Waals surface area contributed by atoms with Crippen LogP contribution in [0, 0.1) is 0 Å². The standard InChI is InChI=1S/C16H29B2O8PS.C8H14BO6P.C8H15BO2S.CH4/c1-8(2)22-6-10-12(5-13(17)25-10)28-27(20,21)23-7-11-15(24-9(3)4)14(19)16(18)26-11;1-4(2)13-6-5-3-12-16(10,11)15-7(6)8(9)14-5;1-5(2)10-4-6-7(12)3-8(9)11-6;/h8-16,19H,5-7H2,1-4H3,(H,20,21);4-8H,3H2,1-2H3,(H,10,11);5-8,12H,3-4H2,1-2H3;1H4/p-2/t10-,11-,12?,13-,14-,15?,16-;5-,6?,7-,8-;6-,7?,8-;/m111./s1. The first-order valence-electron chi connectivity index (χ1n) is 18.8. The number of aliphatic hydroxyl groups is 1. The van der Waals surface area contributed by atoms with Gasteiger partial charge in [-0.15, -0.1) is 0 Å². The summed E-state index contributed by atoms with van der Waals surface area (Å²) in [6.07, 6.45) is -3.70. The molecule has 0 aromatic heterocycles. The Morgan fingerprint density at radius 2 is 1.35 bits per heavy atom. The van der Waals surface area contributed by atoms with Gasteiger partial charge < -0.3 is 66.4 Å². The summed E-state index contributed by atoms with van der Waals surface area (Å²) in [5, 5.41) is 9.89. The second-order valence-corrected chi connectivity index (χ2v) is 21.0. The smallest absolute Gasteiger partial charge is 0.268 e. The zero-order chi connectivity index (χ0) is 42.1. The lowest BCUT2D eigenvalue weighted by Gasteiger charge is -2.30. The molecule has 324 valence electrons. The van der Waals surface area contributed by atoms with Gasteiger partial charge in [0.05, 0.1) is 63.1 Å². The van der Waals surface area contributed by atoms with Crippen LogP contribution in [0.2, 0.25) is 0 Å². The fraction of sp³-hybridized carbons (Fsp3) is 1.00. The van der Waals surface area contributed by atoms with Crippen LogP contribution in [-0.4, -0.2) is 171 Å². The fourth-order valence-corrected chi connectivity index (χ4v) is 10.7. The fourth-order valence-electron chi connectivity index (χ4n) is 6.07. The highest BCUT2D eigenvalue weighted by Crippen LogP contribution is 2.57. The number of ether oxygens (including phenoxy) is 8. The highest BCUT2D eigenvalue weighted by Gasteiger charge is 2.49. The van der Waals surface area contributed by atoms with E-state index in [0.717, 1.165) is 6.42 Å². The van der Waals surface area contributed by atoms with Gasteiger partial charge in [-0.05, 0) is 68.2 Å². The molecule has 6 unspecified atom stereocenters. The highest BCUT2D eigenvalue weighted by molar-refractivity contribution is 8.54. The molecule has 5 aliphatic heterocycles. The summed E-state index contributed by atoms with van der Waals surface area (Å²) in [5.41, 5.74) is 0. The lowest BCUT2D eigenvalue weighted by molar-refractivity contribution is -0.232. The monoisotopic (exact) mass is 882 g/mol. The first-order chi connectivity index (χ1) is 26.0. The Labute approximate surface area is 354 Å². The maximum Gasteiger partial charge on any atom is 0.268 e. The minimum Gasteiger partial charge on any atom is -0.770 e. The molecular formula is C33H60B4O16P2S2-2. The van der Waals surface area contributed by atoms with Crippen molar-refractivity contribution in [1.82, 2.24) is 0 Å². The second-order valence-electron chi connectivity index (χ2n) is 15.0. The molecule has 0 amide bonds. The van der Waals surface area contributed by atoms with Gasteiger partial charge in [0.25, 0.3) is 7.82 Å². The second kappa shape index (κ2) is 24.6. The maximum atomic E-state index is 12.5. The third-order valence-corrected chi connectivity index (χ3v) is 13.5. The zero-order valence-corrected chi connectivity index (χ0v) is 36.8. The summed E-state index contributed by atoms with van der Waals surface area (Å²) in [4.78, 5) is 23.7. The number of phosphoric acid groups is 1. The Morgan fingerprint density at radius 3 is 1.89 bits per heavy atom. The predicted octanol–water partition coefficient (Wildman–Crippen LogP) is 1.52. The van der Waals surface area contributed by atoms with Gasteiger partial charge in [0.2, 0.25) is 0 Å². The van der Waals surface area contributed by atoms with Crippen LogP contribution in [0.3, 0.4) is 0 Å². The molecule has 8 radical (unpaired) electrons. The lowest BCUT2D eigenvalue weighted by Crippen LogP contribution is -2.39. The van der Waals surface area contributed by atoms with E-state index in [9.17, 15) is 24.0 Å². The van der Waals surface area contributed by atoms with Gasteiger partial charge in [0.15, 0.2) is 6.80 Å². The van der Waals surface area contributed by atoms with Gasteiger partial charge in [0, 0.05) is 34.5 Å². The van der Waals surface area contributed by atoms with Crippen molar-refractivity contribution < 1.29 is 75.5 Å².